The van der Waals surface area contributed by atoms with Crippen molar-refractivity contribution in [1.82, 2.24) is 9.97 Å². The summed E-state index contributed by atoms with van der Waals surface area (Å²) in [7, 11) is 1.66. The lowest BCUT2D eigenvalue weighted by atomic mass is 10.7. The second-order valence-electron chi connectivity index (χ2n) is 1.27. The number of nitrogens with zero attached hydrogens (tertiary/aromatic N) is 3. The summed E-state index contributed by atoms with van der Waals surface area (Å²) in [5.74, 6) is 0.535. The van der Waals surface area contributed by atoms with Crippen molar-refractivity contribution in [1.29, 1.82) is 0 Å². The summed E-state index contributed by atoms with van der Waals surface area (Å²) >= 11 is 0. The van der Waals surface area contributed by atoms with E-state index in [1.807, 2.05) is 0 Å². The first kappa shape index (κ1) is 5.03. The van der Waals surface area contributed by atoms with Crippen LogP contribution in [0.2, 0.25) is 0 Å². The van der Waals surface area contributed by atoms with Crippen LogP contribution in [-0.4, -0.2) is 17.0 Å². The normalized spacial score (nSPS) is 8.62. The molecule has 1 rings (SSSR count). The van der Waals surface area contributed by atoms with Crippen LogP contribution in [0.3, 0.4) is 0 Å². The molecule has 3 heteroatoms. The zero-order valence-electron chi connectivity index (χ0n) is 4.57. The summed E-state index contributed by atoms with van der Waals surface area (Å²) in [6.07, 6.45) is 3.32. The van der Waals surface area contributed by atoms with Crippen molar-refractivity contribution in [2.75, 3.05) is 7.05 Å². The second-order valence-corrected chi connectivity index (χ2v) is 1.27. The average molecular weight is 108 g/mol. The predicted octanol–water partition coefficient (Wildman–Crippen LogP) is 1.11. The van der Waals surface area contributed by atoms with Gasteiger partial charge in [0.15, 0.2) is 0 Å². The average Bonchev–Trinajstić information content (AvgIpc) is 1.90. The highest BCUT2D eigenvalue weighted by Crippen LogP contribution is 2.02. The van der Waals surface area contributed by atoms with E-state index in [4.69, 9.17) is 0 Å². The van der Waals surface area contributed by atoms with Crippen molar-refractivity contribution in [3.8, 4) is 0 Å². The summed E-state index contributed by atoms with van der Waals surface area (Å²) < 4.78 is 0. The topological polar surface area (TPSA) is 39.9 Å². The highest BCUT2D eigenvalue weighted by atomic mass is 15.1. The zero-order valence-corrected chi connectivity index (χ0v) is 4.57. The molecule has 0 bridgehead atoms. The minimum absolute atomic E-state index is 0.535. The van der Waals surface area contributed by atoms with Crippen LogP contribution in [0.4, 0.5) is 5.95 Å². The van der Waals surface area contributed by atoms with Crippen molar-refractivity contribution in [3.05, 3.63) is 23.8 Å². The fourth-order valence-corrected chi connectivity index (χ4v) is 0.407. The SMILES string of the molecule is C[N-]c1ncccn1. The van der Waals surface area contributed by atoms with E-state index in [9.17, 15) is 0 Å². The van der Waals surface area contributed by atoms with E-state index in [-0.39, 0.29) is 0 Å². The van der Waals surface area contributed by atoms with Crippen LogP contribution >= 0.6 is 0 Å². The Hall–Kier alpha value is -1.12. The number of aromatic nitrogens is 2. The summed E-state index contributed by atoms with van der Waals surface area (Å²) in [6, 6.07) is 1.76. The van der Waals surface area contributed by atoms with Crippen LogP contribution in [0, 0.1) is 0 Å². The van der Waals surface area contributed by atoms with E-state index < -0.39 is 0 Å². The first-order valence-corrected chi connectivity index (χ1v) is 2.30. The second kappa shape index (κ2) is 2.26. The molecule has 42 valence electrons. The van der Waals surface area contributed by atoms with Gasteiger partial charge in [0, 0.05) is 5.95 Å². The molecule has 0 saturated carbocycles. The van der Waals surface area contributed by atoms with Gasteiger partial charge in [-0.15, -0.1) is 0 Å². The highest BCUT2D eigenvalue weighted by Gasteiger charge is 1.68. The Morgan fingerprint density at radius 2 is 2.00 bits per heavy atom. The molecule has 0 aliphatic carbocycles. The third kappa shape index (κ3) is 0.932. The quantitative estimate of drug-likeness (QED) is 0.540. The smallest absolute Gasteiger partial charge is 0.0228 e. The lowest BCUT2D eigenvalue weighted by Crippen LogP contribution is -1.76. The van der Waals surface area contributed by atoms with Gasteiger partial charge in [-0.25, -0.2) is 0 Å². The first-order valence-electron chi connectivity index (χ1n) is 2.30. The lowest BCUT2D eigenvalue weighted by Gasteiger charge is -2.02. The van der Waals surface area contributed by atoms with Gasteiger partial charge in [0.05, 0.1) is 0 Å². The van der Waals surface area contributed by atoms with Crippen LogP contribution in [0.15, 0.2) is 18.5 Å². The molecule has 0 N–H and O–H groups in total. The molecule has 0 atom stereocenters. The van der Waals surface area contributed by atoms with E-state index in [1.165, 1.54) is 0 Å². The maximum absolute atomic E-state index is 3.82. The van der Waals surface area contributed by atoms with Crippen molar-refractivity contribution in [2.45, 2.75) is 0 Å². The molecule has 0 spiro atoms. The van der Waals surface area contributed by atoms with Gasteiger partial charge in [0.25, 0.3) is 0 Å². The summed E-state index contributed by atoms with van der Waals surface area (Å²) in [5.41, 5.74) is 0. The Morgan fingerprint density at radius 3 is 2.38 bits per heavy atom. The molecular formula is C5H6N3-. The lowest BCUT2D eigenvalue weighted by molar-refractivity contribution is 1.18. The minimum atomic E-state index is 0.535. The molecule has 3 nitrogen and oxygen atoms in total. The summed E-state index contributed by atoms with van der Waals surface area (Å²) in [6.45, 7) is 0. The van der Waals surface area contributed by atoms with Crippen LogP contribution in [-0.2, 0) is 0 Å². The molecule has 0 unspecified atom stereocenters. The van der Waals surface area contributed by atoms with Gasteiger partial charge in [0.1, 0.15) is 0 Å². The van der Waals surface area contributed by atoms with Gasteiger partial charge in [0.2, 0.25) is 0 Å². The van der Waals surface area contributed by atoms with E-state index in [2.05, 4.69) is 15.3 Å². The Morgan fingerprint density at radius 1 is 1.38 bits per heavy atom. The third-order valence-corrected chi connectivity index (χ3v) is 0.752. The first-order chi connectivity index (χ1) is 3.93. The standard InChI is InChI=1S/C5H6N3/c1-6-5-7-3-2-4-8-5/h2-4H,1H3/q-1. The molecule has 0 amide bonds. The fraction of sp³-hybridized carbons (Fsp3) is 0.200. The molecule has 1 aromatic heterocycles. The zero-order chi connectivity index (χ0) is 5.82. The molecule has 1 heterocycles. The van der Waals surface area contributed by atoms with Gasteiger partial charge in [-0.05, 0) is 19.4 Å². The van der Waals surface area contributed by atoms with Crippen molar-refractivity contribution in [3.63, 3.8) is 0 Å². The van der Waals surface area contributed by atoms with Crippen LogP contribution in [0.5, 0.6) is 0 Å². The van der Waals surface area contributed by atoms with Crippen LogP contribution in [0.1, 0.15) is 0 Å². The van der Waals surface area contributed by atoms with Crippen molar-refractivity contribution >= 4 is 5.95 Å². The van der Waals surface area contributed by atoms with Gasteiger partial charge in [-0.3, -0.25) is 0 Å². The van der Waals surface area contributed by atoms with E-state index in [0.29, 0.717) is 5.95 Å². The summed E-state index contributed by atoms with van der Waals surface area (Å²) in [4.78, 5) is 7.64. The molecule has 0 saturated heterocycles. The van der Waals surface area contributed by atoms with E-state index >= 15 is 0 Å². The number of rotatable bonds is 1. The van der Waals surface area contributed by atoms with Crippen LogP contribution < -0.4 is 0 Å². The fourth-order valence-electron chi connectivity index (χ4n) is 0.407. The minimum Gasteiger partial charge on any atom is -0.397 e. The summed E-state index contributed by atoms with van der Waals surface area (Å²) in [5, 5.41) is 3.75. The Kier molecular flexibility index (Phi) is 1.42. The van der Waals surface area contributed by atoms with Crippen molar-refractivity contribution < 1.29 is 0 Å². The van der Waals surface area contributed by atoms with Crippen LogP contribution in [0.25, 0.3) is 5.32 Å². The van der Waals surface area contributed by atoms with E-state index in [0.717, 1.165) is 0 Å². The maximum atomic E-state index is 3.82. The van der Waals surface area contributed by atoms with Crippen molar-refractivity contribution in [2.24, 2.45) is 0 Å². The predicted molar refractivity (Wildman–Crippen MR) is 31.0 cm³/mol. The van der Waals surface area contributed by atoms with Gasteiger partial charge >= 0.3 is 0 Å². The Bertz CT molecular complexity index is 149. The maximum Gasteiger partial charge on any atom is 0.0228 e. The number of hydrogen-bond donors (Lipinski definition) is 0. The largest absolute Gasteiger partial charge is 0.397 e. The van der Waals surface area contributed by atoms with Gasteiger partial charge in [-0.1, -0.05) is 6.07 Å². The molecule has 0 aliphatic rings. The van der Waals surface area contributed by atoms with Gasteiger partial charge < -0.3 is 15.3 Å². The monoisotopic (exact) mass is 108 g/mol. The molecule has 0 radical (unpaired) electrons. The molecule has 1 aromatic rings. The van der Waals surface area contributed by atoms with E-state index in [1.54, 1.807) is 25.5 Å². The number of hydrogen-bond acceptors (Lipinski definition) is 2. The highest BCUT2D eigenvalue weighted by molar-refractivity contribution is 5.27. The molecule has 8 heavy (non-hydrogen) atoms. The Balaban J connectivity index is 2.83. The molecule has 0 aromatic carbocycles. The Labute approximate surface area is 47.8 Å². The molecule has 0 aliphatic heterocycles. The molecule has 0 fully saturated rings. The third-order valence-electron chi connectivity index (χ3n) is 0.752. The molecular weight excluding hydrogens is 102 g/mol. The van der Waals surface area contributed by atoms with Gasteiger partial charge in [-0.2, -0.15) is 0 Å².